The molecule has 1 aliphatic heterocycles. The van der Waals surface area contributed by atoms with E-state index in [1.54, 1.807) is 0 Å². The molecule has 5 aliphatic rings. The highest BCUT2D eigenvalue weighted by Crippen LogP contribution is 2.60. The highest BCUT2D eigenvalue weighted by Gasteiger charge is 2.54. The van der Waals surface area contributed by atoms with Crippen molar-refractivity contribution >= 4 is 17.5 Å². The number of hydrogen-bond acceptors (Lipinski definition) is 3. The molecule has 25 heavy (non-hydrogen) atoms. The first-order chi connectivity index (χ1) is 12.1. The molecule has 1 aromatic carbocycles. The molecule has 4 bridgehead atoms. The Hall–Kier alpha value is -2.04. The monoisotopic (exact) mass is 340 g/mol. The van der Waals surface area contributed by atoms with Crippen LogP contribution in [0.4, 0.5) is 5.69 Å². The lowest BCUT2D eigenvalue weighted by molar-refractivity contribution is -0.146. The molecule has 132 valence electrons. The molecule has 1 aromatic rings. The molecule has 1 atom stereocenters. The number of carbonyl (C=O) groups excluding carboxylic acids is 2. The van der Waals surface area contributed by atoms with Crippen molar-refractivity contribution in [2.24, 2.45) is 23.2 Å². The quantitative estimate of drug-likeness (QED) is 0.889. The Balaban J connectivity index is 1.26. The van der Waals surface area contributed by atoms with Gasteiger partial charge in [0.05, 0.1) is 12.2 Å². The molecule has 4 saturated carbocycles. The predicted octanol–water partition coefficient (Wildman–Crippen LogP) is 2.72. The Bertz CT molecular complexity index is 694. The second-order valence-corrected chi connectivity index (χ2v) is 8.50. The molecule has 6 rings (SSSR count). The molecule has 0 radical (unpaired) electrons. The van der Waals surface area contributed by atoms with E-state index in [1.165, 1.54) is 19.3 Å². The fourth-order valence-electron chi connectivity index (χ4n) is 5.99. The summed E-state index contributed by atoms with van der Waals surface area (Å²) in [5, 5.41) is 5.90. The average molecular weight is 340 g/mol. The molecule has 5 nitrogen and oxygen atoms in total. The molecular formula is C20H24N2O3. The fraction of sp³-hybridized carbons (Fsp3) is 0.600. The molecule has 4 aliphatic carbocycles. The number of ether oxygens (including phenoxy) is 1. The number of benzene rings is 1. The summed E-state index contributed by atoms with van der Waals surface area (Å²) in [6.45, 7) is 0.237. The van der Waals surface area contributed by atoms with E-state index >= 15 is 0 Å². The Labute approximate surface area is 147 Å². The molecule has 1 heterocycles. The number of anilines is 1. The molecule has 4 fully saturated rings. The van der Waals surface area contributed by atoms with Gasteiger partial charge in [0.25, 0.3) is 5.91 Å². The number of fused-ring (bicyclic) bond motifs is 1. The van der Waals surface area contributed by atoms with Gasteiger partial charge in [-0.2, -0.15) is 0 Å². The molecule has 0 spiro atoms. The van der Waals surface area contributed by atoms with E-state index in [4.69, 9.17) is 4.74 Å². The van der Waals surface area contributed by atoms with Gasteiger partial charge in [0.1, 0.15) is 5.75 Å². The van der Waals surface area contributed by atoms with Gasteiger partial charge in [-0.1, -0.05) is 12.1 Å². The van der Waals surface area contributed by atoms with Gasteiger partial charge in [-0.25, -0.2) is 0 Å². The fourth-order valence-corrected chi connectivity index (χ4v) is 5.99. The van der Waals surface area contributed by atoms with Crippen molar-refractivity contribution in [3.8, 4) is 5.75 Å². The van der Waals surface area contributed by atoms with Crippen molar-refractivity contribution in [3.05, 3.63) is 24.3 Å². The van der Waals surface area contributed by atoms with Crippen molar-refractivity contribution in [1.82, 2.24) is 5.32 Å². The first-order valence-corrected chi connectivity index (χ1v) is 9.46. The number of para-hydroxylation sites is 2. The van der Waals surface area contributed by atoms with Crippen LogP contribution in [0.2, 0.25) is 0 Å². The highest BCUT2D eigenvalue weighted by atomic mass is 16.5. The minimum absolute atomic E-state index is 0.141. The van der Waals surface area contributed by atoms with E-state index in [2.05, 4.69) is 10.6 Å². The molecule has 0 saturated heterocycles. The van der Waals surface area contributed by atoms with Crippen LogP contribution in [0, 0.1) is 23.2 Å². The lowest BCUT2D eigenvalue weighted by atomic mass is 9.49. The van der Waals surface area contributed by atoms with Gasteiger partial charge < -0.3 is 15.4 Å². The van der Waals surface area contributed by atoms with E-state index in [0.717, 1.165) is 37.0 Å². The summed E-state index contributed by atoms with van der Waals surface area (Å²) in [5.74, 6) is 2.82. The summed E-state index contributed by atoms with van der Waals surface area (Å²) >= 11 is 0. The van der Waals surface area contributed by atoms with Crippen LogP contribution >= 0.6 is 0 Å². The Morgan fingerprint density at radius 1 is 1.12 bits per heavy atom. The summed E-state index contributed by atoms with van der Waals surface area (Å²) in [6, 6.07) is 7.39. The molecular weight excluding hydrogens is 316 g/mol. The Kier molecular flexibility index (Phi) is 3.34. The summed E-state index contributed by atoms with van der Waals surface area (Å²) in [6.07, 6.45) is 6.39. The zero-order chi connectivity index (χ0) is 17.0. The van der Waals surface area contributed by atoms with Gasteiger partial charge >= 0.3 is 0 Å². The number of nitrogens with one attached hydrogen (secondary N) is 2. The predicted molar refractivity (Wildman–Crippen MR) is 93.1 cm³/mol. The van der Waals surface area contributed by atoms with Crippen LogP contribution in [-0.2, 0) is 9.59 Å². The maximum absolute atomic E-state index is 13.0. The lowest BCUT2D eigenvalue weighted by Crippen LogP contribution is -2.55. The molecule has 2 N–H and O–H groups in total. The number of hydrogen-bond donors (Lipinski definition) is 2. The van der Waals surface area contributed by atoms with Crippen molar-refractivity contribution in [2.45, 2.75) is 44.6 Å². The van der Waals surface area contributed by atoms with Crippen molar-refractivity contribution in [1.29, 1.82) is 0 Å². The number of carbonyl (C=O) groups is 2. The van der Waals surface area contributed by atoms with Crippen molar-refractivity contribution in [2.75, 3.05) is 11.9 Å². The minimum atomic E-state index is -0.659. The normalized spacial score (nSPS) is 37.8. The smallest absolute Gasteiger partial charge is 0.267 e. The molecule has 5 heteroatoms. The minimum Gasteiger partial charge on any atom is -0.477 e. The molecule has 0 aromatic heterocycles. The molecule has 1 unspecified atom stereocenters. The van der Waals surface area contributed by atoms with E-state index in [-0.39, 0.29) is 23.8 Å². The van der Waals surface area contributed by atoms with Crippen molar-refractivity contribution in [3.63, 3.8) is 0 Å². The van der Waals surface area contributed by atoms with Gasteiger partial charge in [0.15, 0.2) is 6.10 Å². The first-order valence-electron chi connectivity index (χ1n) is 9.46. The summed E-state index contributed by atoms with van der Waals surface area (Å²) < 4.78 is 5.79. The summed E-state index contributed by atoms with van der Waals surface area (Å²) in [4.78, 5) is 25.2. The van der Waals surface area contributed by atoms with Gasteiger partial charge in [-0.15, -0.1) is 0 Å². The van der Waals surface area contributed by atoms with Crippen LogP contribution in [-0.4, -0.2) is 24.5 Å². The van der Waals surface area contributed by atoms with E-state index in [9.17, 15) is 9.59 Å². The van der Waals surface area contributed by atoms with Gasteiger partial charge in [0, 0.05) is 5.41 Å². The second-order valence-electron chi connectivity index (χ2n) is 8.50. The third kappa shape index (κ3) is 2.52. The summed E-state index contributed by atoms with van der Waals surface area (Å²) in [7, 11) is 0. The third-order valence-electron chi connectivity index (χ3n) is 6.67. The van der Waals surface area contributed by atoms with Crippen LogP contribution in [0.3, 0.4) is 0 Å². The SMILES string of the molecule is O=C1Nc2ccccc2OC1CNC(=O)C12CC3CC(CC(C3)C1)C2. The highest BCUT2D eigenvalue weighted by molar-refractivity contribution is 5.98. The number of amides is 2. The lowest BCUT2D eigenvalue weighted by Gasteiger charge is -2.55. The zero-order valence-electron chi connectivity index (χ0n) is 14.3. The number of rotatable bonds is 3. The topological polar surface area (TPSA) is 67.4 Å². The van der Waals surface area contributed by atoms with E-state index < -0.39 is 6.10 Å². The van der Waals surface area contributed by atoms with Crippen LogP contribution in [0.5, 0.6) is 5.75 Å². The van der Waals surface area contributed by atoms with Crippen LogP contribution in [0.1, 0.15) is 38.5 Å². The van der Waals surface area contributed by atoms with Crippen LogP contribution in [0.25, 0.3) is 0 Å². The first kappa shape index (κ1) is 15.2. The standard InChI is InChI=1S/C20H24N2O3/c23-18-17(25-16-4-2-1-3-15(16)22-18)11-21-19(24)20-8-12-5-13(9-20)7-14(6-12)10-20/h1-4,12-14,17H,5-11H2,(H,21,24)(H,22,23). The summed E-state index contributed by atoms with van der Waals surface area (Å²) in [5.41, 5.74) is 0.508. The molecule has 2 amide bonds. The second kappa shape index (κ2) is 5.48. The maximum Gasteiger partial charge on any atom is 0.267 e. The zero-order valence-corrected chi connectivity index (χ0v) is 14.3. The van der Waals surface area contributed by atoms with Gasteiger partial charge in [-0.05, 0) is 68.4 Å². The van der Waals surface area contributed by atoms with Crippen molar-refractivity contribution < 1.29 is 14.3 Å². The van der Waals surface area contributed by atoms with Crippen LogP contribution < -0.4 is 15.4 Å². The van der Waals surface area contributed by atoms with E-state index in [1.807, 2.05) is 24.3 Å². The van der Waals surface area contributed by atoms with Gasteiger partial charge in [0.2, 0.25) is 5.91 Å². The van der Waals surface area contributed by atoms with Crippen LogP contribution in [0.15, 0.2) is 24.3 Å². The van der Waals surface area contributed by atoms with Gasteiger partial charge in [-0.3, -0.25) is 9.59 Å². The third-order valence-corrected chi connectivity index (χ3v) is 6.67. The Morgan fingerprint density at radius 2 is 1.76 bits per heavy atom. The largest absolute Gasteiger partial charge is 0.477 e. The maximum atomic E-state index is 13.0. The Morgan fingerprint density at radius 3 is 2.44 bits per heavy atom. The van der Waals surface area contributed by atoms with E-state index in [0.29, 0.717) is 11.4 Å². The average Bonchev–Trinajstić information content (AvgIpc) is 2.58.